The average Bonchev–Trinajstić information content (AvgIpc) is 2.61. The van der Waals surface area contributed by atoms with E-state index < -0.39 is 11.9 Å². The van der Waals surface area contributed by atoms with Crippen molar-refractivity contribution in [2.24, 2.45) is 0 Å². The molecule has 0 unspecified atom stereocenters. The summed E-state index contributed by atoms with van der Waals surface area (Å²) in [5.41, 5.74) is 1.90. The standard InChI is InChI=1S/C18H18INO5/c1-11-8-13(19)5-6-14(11)20-17(21)10-25-18(22)12-4-7-15(23-2)16(9-12)24-3/h4-9H,10H2,1-3H3,(H,20,21). The number of hydrogen-bond donors (Lipinski definition) is 1. The third-order valence-electron chi connectivity index (χ3n) is 3.42. The van der Waals surface area contributed by atoms with E-state index in [0.717, 1.165) is 9.13 Å². The van der Waals surface area contributed by atoms with Crippen molar-refractivity contribution in [3.63, 3.8) is 0 Å². The molecule has 0 spiro atoms. The first-order chi connectivity index (χ1) is 11.9. The molecule has 0 aromatic heterocycles. The van der Waals surface area contributed by atoms with Crippen LogP contribution in [-0.2, 0) is 9.53 Å². The number of halogens is 1. The fourth-order valence-electron chi connectivity index (χ4n) is 2.13. The van der Waals surface area contributed by atoms with E-state index in [1.165, 1.54) is 20.3 Å². The minimum absolute atomic E-state index is 0.274. The van der Waals surface area contributed by atoms with Crippen molar-refractivity contribution in [2.45, 2.75) is 6.92 Å². The Hall–Kier alpha value is -2.29. The molecule has 0 bridgehead atoms. The number of ether oxygens (including phenoxy) is 3. The number of carbonyl (C=O) groups excluding carboxylic acids is 2. The number of hydrogen-bond acceptors (Lipinski definition) is 5. The van der Waals surface area contributed by atoms with Crippen LogP contribution in [0, 0.1) is 10.5 Å². The molecule has 7 heteroatoms. The van der Waals surface area contributed by atoms with Crippen LogP contribution in [0.3, 0.4) is 0 Å². The number of methoxy groups -OCH3 is 2. The van der Waals surface area contributed by atoms with Crippen LogP contribution in [-0.4, -0.2) is 32.7 Å². The van der Waals surface area contributed by atoms with Gasteiger partial charge in [-0.1, -0.05) is 0 Å². The Morgan fingerprint density at radius 3 is 2.40 bits per heavy atom. The number of nitrogens with one attached hydrogen (secondary N) is 1. The van der Waals surface area contributed by atoms with Gasteiger partial charge in [0.1, 0.15) is 0 Å². The quantitative estimate of drug-likeness (QED) is 0.534. The summed E-state index contributed by atoms with van der Waals surface area (Å²) in [6, 6.07) is 10.3. The van der Waals surface area contributed by atoms with Gasteiger partial charge in [0, 0.05) is 9.26 Å². The molecule has 1 N–H and O–H groups in total. The van der Waals surface area contributed by atoms with Gasteiger partial charge in [-0.2, -0.15) is 0 Å². The normalized spacial score (nSPS) is 10.1. The lowest BCUT2D eigenvalue weighted by atomic mass is 10.2. The smallest absolute Gasteiger partial charge is 0.338 e. The van der Waals surface area contributed by atoms with Crippen molar-refractivity contribution in [1.82, 2.24) is 0 Å². The number of benzene rings is 2. The average molecular weight is 455 g/mol. The van der Waals surface area contributed by atoms with Gasteiger partial charge in [-0.05, 0) is 71.5 Å². The molecule has 0 atom stereocenters. The lowest BCUT2D eigenvalue weighted by molar-refractivity contribution is -0.119. The Morgan fingerprint density at radius 1 is 1.04 bits per heavy atom. The molecular weight excluding hydrogens is 437 g/mol. The summed E-state index contributed by atoms with van der Waals surface area (Å²) in [7, 11) is 2.98. The molecule has 6 nitrogen and oxygen atoms in total. The maximum absolute atomic E-state index is 12.1. The van der Waals surface area contributed by atoms with E-state index in [0.29, 0.717) is 17.2 Å². The van der Waals surface area contributed by atoms with Gasteiger partial charge in [0.15, 0.2) is 18.1 Å². The van der Waals surface area contributed by atoms with Crippen molar-refractivity contribution in [3.05, 3.63) is 51.1 Å². The Labute approximate surface area is 159 Å². The summed E-state index contributed by atoms with van der Waals surface area (Å²) in [6.07, 6.45) is 0. The van der Waals surface area contributed by atoms with Crippen LogP contribution in [0.25, 0.3) is 0 Å². The van der Waals surface area contributed by atoms with Gasteiger partial charge in [0.05, 0.1) is 19.8 Å². The number of amides is 1. The zero-order chi connectivity index (χ0) is 18.4. The Bertz CT molecular complexity index is 791. The van der Waals surface area contributed by atoms with Crippen molar-refractivity contribution < 1.29 is 23.8 Å². The molecule has 0 aliphatic carbocycles. The first kappa shape index (κ1) is 19.0. The predicted molar refractivity (Wildman–Crippen MR) is 102 cm³/mol. The summed E-state index contributed by atoms with van der Waals surface area (Å²) in [6.45, 7) is 1.52. The Kier molecular flexibility index (Phi) is 6.63. The lowest BCUT2D eigenvalue weighted by Crippen LogP contribution is -2.21. The van der Waals surface area contributed by atoms with Gasteiger partial charge < -0.3 is 19.5 Å². The molecule has 132 valence electrons. The summed E-state index contributed by atoms with van der Waals surface area (Å²) < 4.78 is 16.4. The van der Waals surface area contributed by atoms with Crippen LogP contribution >= 0.6 is 22.6 Å². The van der Waals surface area contributed by atoms with Gasteiger partial charge in [0.25, 0.3) is 5.91 Å². The molecule has 0 saturated carbocycles. The zero-order valence-electron chi connectivity index (χ0n) is 14.1. The molecule has 0 heterocycles. The van der Waals surface area contributed by atoms with E-state index in [9.17, 15) is 9.59 Å². The molecule has 1 amide bonds. The van der Waals surface area contributed by atoms with E-state index in [-0.39, 0.29) is 12.2 Å². The largest absolute Gasteiger partial charge is 0.493 e. The van der Waals surface area contributed by atoms with Crippen LogP contribution < -0.4 is 14.8 Å². The molecule has 2 aromatic rings. The third-order valence-corrected chi connectivity index (χ3v) is 4.09. The van der Waals surface area contributed by atoms with Crippen LogP contribution in [0.15, 0.2) is 36.4 Å². The maximum Gasteiger partial charge on any atom is 0.338 e. The topological polar surface area (TPSA) is 73.9 Å². The molecule has 2 rings (SSSR count). The highest BCUT2D eigenvalue weighted by atomic mass is 127. The first-order valence-electron chi connectivity index (χ1n) is 7.39. The summed E-state index contributed by atoms with van der Waals surface area (Å²) in [5, 5.41) is 2.72. The molecule has 25 heavy (non-hydrogen) atoms. The van der Waals surface area contributed by atoms with Gasteiger partial charge in [-0.25, -0.2) is 4.79 Å². The van der Waals surface area contributed by atoms with Gasteiger partial charge in [-0.3, -0.25) is 4.79 Å². The second-order valence-corrected chi connectivity index (χ2v) is 6.40. The maximum atomic E-state index is 12.1. The van der Waals surface area contributed by atoms with Gasteiger partial charge in [0.2, 0.25) is 0 Å². The number of anilines is 1. The van der Waals surface area contributed by atoms with Crippen LogP contribution in [0.2, 0.25) is 0 Å². The fourth-order valence-corrected chi connectivity index (χ4v) is 2.78. The van der Waals surface area contributed by atoms with E-state index in [4.69, 9.17) is 14.2 Å². The number of rotatable bonds is 6. The second-order valence-electron chi connectivity index (χ2n) is 5.15. The minimum atomic E-state index is -0.615. The third kappa shape index (κ3) is 5.09. The molecular formula is C18H18INO5. The molecule has 0 radical (unpaired) electrons. The van der Waals surface area contributed by atoms with E-state index in [1.807, 2.05) is 25.1 Å². The number of carbonyl (C=O) groups is 2. The van der Waals surface area contributed by atoms with Crippen molar-refractivity contribution >= 4 is 40.2 Å². The zero-order valence-corrected chi connectivity index (χ0v) is 16.2. The van der Waals surface area contributed by atoms with Crippen LogP contribution in [0.5, 0.6) is 11.5 Å². The highest BCUT2D eigenvalue weighted by molar-refractivity contribution is 14.1. The highest BCUT2D eigenvalue weighted by Gasteiger charge is 2.14. The lowest BCUT2D eigenvalue weighted by Gasteiger charge is -2.11. The monoisotopic (exact) mass is 455 g/mol. The van der Waals surface area contributed by atoms with Crippen molar-refractivity contribution in [1.29, 1.82) is 0 Å². The SMILES string of the molecule is COc1ccc(C(=O)OCC(=O)Nc2ccc(I)cc2C)cc1OC. The van der Waals surface area contributed by atoms with E-state index in [2.05, 4.69) is 27.9 Å². The van der Waals surface area contributed by atoms with E-state index in [1.54, 1.807) is 12.1 Å². The minimum Gasteiger partial charge on any atom is -0.493 e. The fraction of sp³-hybridized carbons (Fsp3) is 0.222. The molecule has 2 aromatic carbocycles. The van der Waals surface area contributed by atoms with E-state index >= 15 is 0 Å². The second kappa shape index (κ2) is 8.70. The number of esters is 1. The Balaban J connectivity index is 1.96. The van der Waals surface area contributed by atoms with Crippen LogP contribution in [0.1, 0.15) is 15.9 Å². The summed E-state index contributed by atoms with van der Waals surface area (Å²) >= 11 is 2.20. The molecule has 0 fully saturated rings. The van der Waals surface area contributed by atoms with Gasteiger partial charge in [-0.15, -0.1) is 0 Å². The van der Waals surface area contributed by atoms with Gasteiger partial charge >= 0.3 is 5.97 Å². The highest BCUT2D eigenvalue weighted by Crippen LogP contribution is 2.27. The summed E-state index contributed by atoms with van der Waals surface area (Å²) in [5.74, 6) is -0.101. The summed E-state index contributed by atoms with van der Waals surface area (Å²) in [4.78, 5) is 24.1. The number of aryl methyl sites for hydroxylation is 1. The molecule has 0 aliphatic heterocycles. The predicted octanol–water partition coefficient (Wildman–Crippen LogP) is 3.41. The molecule has 0 saturated heterocycles. The van der Waals surface area contributed by atoms with Crippen LogP contribution in [0.4, 0.5) is 5.69 Å². The Morgan fingerprint density at radius 2 is 1.76 bits per heavy atom. The first-order valence-corrected chi connectivity index (χ1v) is 8.47. The van der Waals surface area contributed by atoms with Crippen molar-refractivity contribution in [2.75, 3.05) is 26.1 Å². The molecule has 0 aliphatic rings. The van der Waals surface area contributed by atoms with Crippen molar-refractivity contribution in [3.8, 4) is 11.5 Å².